The molecule has 0 saturated heterocycles. The molecule has 0 heterocycles. The lowest BCUT2D eigenvalue weighted by Crippen LogP contribution is -2.34. The molecule has 6 nitrogen and oxygen atoms in total. The summed E-state index contributed by atoms with van der Waals surface area (Å²) in [5.41, 5.74) is 0.321. The number of halogens is 3. The first kappa shape index (κ1) is 20.3. The highest BCUT2D eigenvalue weighted by Crippen LogP contribution is 2.32. The van der Waals surface area contributed by atoms with Crippen LogP contribution >= 0.6 is 47.0 Å². The number of carboxylic acid groups (broad SMARTS) is 1. The van der Waals surface area contributed by atoms with E-state index in [-0.39, 0.29) is 42.7 Å². The molecule has 0 aromatic heterocycles. The predicted octanol–water partition coefficient (Wildman–Crippen LogP) is 4.48. The maximum absolute atomic E-state index is 12.4. The molecule has 26 heavy (non-hydrogen) atoms. The van der Waals surface area contributed by atoms with Gasteiger partial charge in [-0.15, -0.1) is 0 Å². The van der Waals surface area contributed by atoms with Crippen LogP contribution in [0.25, 0.3) is 0 Å². The monoisotopic (exact) mass is 432 g/mol. The summed E-state index contributed by atoms with van der Waals surface area (Å²) in [6.45, 7) is 0. The Morgan fingerprint density at radius 1 is 1.12 bits per heavy atom. The van der Waals surface area contributed by atoms with Crippen molar-refractivity contribution in [3.05, 3.63) is 56.5 Å². The van der Waals surface area contributed by atoms with Crippen LogP contribution in [0.2, 0.25) is 15.1 Å². The molecule has 0 unspecified atom stereocenters. The molecule has 0 saturated carbocycles. The van der Waals surface area contributed by atoms with Crippen LogP contribution in [0.3, 0.4) is 0 Å². The second kappa shape index (κ2) is 8.55. The Morgan fingerprint density at radius 3 is 2.42 bits per heavy atom. The van der Waals surface area contributed by atoms with Crippen LogP contribution in [0.5, 0.6) is 5.75 Å². The topological polar surface area (TPSA) is 87.7 Å². The number of aromatic carboxylic acids is 1. The van der Waals surface area contributed by atoms with Gasteiger partial charge in [-0.25, -0.2) is 4.79 Å². The van der Waals surface area contributed by atoms with Gasteiger partial charge in [-0.05, 0) is 42.5 Å². The SMILES string of the molecule is COc1c(Cl)cc(Cl)cc1C(=O)NC(=S)Nc1cc(C(=O)O)ccc1Cl. The third-order valence-corrected chi connectivity index (χ3v) is 4.18. The highest BCUT2D eigenvalue weighted by atomic mass is 35.5. The van der Waals surface area contributed by atoms with Gasteiger partial charge in [-0.2, -0.15) is 0 Å². The van der Waals surface area contributed by atoms with Crippen molar-refractivity contribution in [2.75, 3.05) is 12.4 Å². The summed E-state index contributed by atoms with van der Waals surface area (Å²) in [6.07, 6.45) is 0. The van der Waals surface area contributed by atoms with Crippen LogP contribution in [0, 0.1) is 0 Å². The molecule has 0 fully saturated rings. The molecule has 0 aliphatic heterocycles. The highest BCUT2D eigenvalue weighted by molar-refractivity contribution is 7.80. The smallest absolute Gasteiger partial charge is 0.335 e. The van der Waals surface area contributed by atoms with Crippen LogP contribution in [0.1, 0.15) is 20.7 Å². The summed E-state index contributed by atoms with van der Waals surface area (Å²) < 4.78 is 5.11. The summed E-state index contributed by atoms with van der Waals surface area (Å²) in [5.74, 6) is -1.60. The molecular formula is C16H11Cl3N2O4S. The molecule has 0 aliphatic rings. The van der Waals surface area contributed by atoms with E-state index < -0.39 is 11.9 Å². The maximum atomic E-state index is 12.4. The lowest BCUT2D eigenvalue weighted by molar-refractivity contribution is 0.0696. The van der Waals surface area contributed by atoms with Gasteiger partial charge in [0.15, 0.2) is 5.11 Å². The van der Waals surface area contributed by atoms with Gasteiger partial charge in [0.25, 0.3) is 5.91 Å². The Bertz CT molecular complexity index is 905. The van der Waals surface area contributed by atoms with Crippen LogP contribution in [0.4, 0.5) is 5.69 Å². The minimum atomic E-state index is -1.13. The van der Waals surface area contributed by atoms with E-state index in [0.717, 1.165) is 0 Å². The van der Waals surface area contributed by atoms with E-state index in [2.05, 4.69) is 10.6 Å². The van der Waals surface area contributed by atoms with Crippen molar-refractivity contribution in [3.63, 3.8) is 0 Å². The van der Waals surface area contributed by atoms with Gasteiger partial charge in [0.05, 0.1) is 34.0 Å². The van der Waals surface area contributed by atoms with E-state index in [9.17, 15) is 9.59 Å². The molecule has 0 spiro atoms. The number of amides is 1. The Kier molecular flexibility index (Phi) is 6.66. The Morgan fingerprint density at radius 2 is 1.81 bits per heavy atom. The number of hydrogen-bond donors (Lipinski definition) is 3. The fourth-order valence-electron chi connectivity index (χ4n) is 2.01. The normalized spacial score (nSPS) is 10.2. The zero-order chi connectivity index (χ0) is 19.4. The Hall–Kier alpha value is -2.06. The summed E-state index contributed by atoms with van der Waals surface area (Å²) >= 11 is 23.0. The highest BCUT2D eigenvalue weighted by Gasteiger charge is 2.18. The fourth-order valence-corrected chi connectivity index (χ4v) is 2.95. The third kappa shape index (κ3) is 4.76. The second-order valence-electron chi connectivity index (χ2n) is 4.88. The average molecular weight is 434 g/mol. The molecule has 0 radical (unpaired) electrons. The van der Waals surface area contributed by atoms with E-state index in [1.165, 1.54) is 37.4 Å². The number of benzene rings is 2. The van der Waals surface area contributed by atoms with Crippen molar-refractivity contribution in [2.24, 2.45) is 0 Å². The molecular weight excluding hydrogens is 423 g/mol. The first-order valence-corrected chi connectivity index (χ1v) is 8.45. The van der Waals surface area contributed by atoms with Crippen molar-refractivity contribution in [1.29, 1.82) is 0 Å². The minimum Gasteiger partial charge on any atom is -0.494 e. The van der Waals surface area contributed by atoms with Crippen molar-refractivity contribution in [1.82, 2.24) is 5.32 Å². The number of hydrogen-bond acceptors (Lipinski definition) is 4. The van der Waals surface area contributed by atoms with Crippen molar-refractivity contribution >= 4 is 69.7 Å². The van der Waals surface area contributed by atoms with E-state index in [4.69, 9.17) is 56.9 Å². The molecule has 136 valence electrons. The van der Waals surface area contributed by atoms with Gasteiger partial charge in [0.2, 0.25) is 0 Å². The van der Waals surface area contributed by atoms with Crippen LogP contribution in [-0.4, -0.2) is 29.2 Å². The standard InChI is InChI=1S/C16H11Cl3N2O4S/c1-25-13-9(5-8(17)6-11(13)19)14(22)21-16(26)20-12-4-7(15(23)24)2-3-10(12)18/h2-6H,1H3,(H,23,24)(H2,20,21,22,26). The van der Waals surface area contributed by atoms with Crippen molar-refractivity contribution in [3.8, 4) is 5.75 Å². The molecule has 2 aromatic rings. The number of carbonyl (C=O) groups is 2. The second-order valence-corrected chi connectivity index (χ2v) is 6.54. The van der Waals surface area contributed by atoms with Crippen LogP contribution in [0.15, 0.2) is 30.3 Å². The van der Waals surface area contributed by atoms with Gasteiger partial charge >= 0.3 is 5.97 Å². The number of methoxy groups -OCH3 is 1. The molecule has 1 amide bonds. The fraction of sp³-hybridized carbons (Fsp3) is 0.0625. The largest absolute Gasteiger partial charge is 0.494 e. The lowest BCUT2D eigenvalue weighted by Gasteiger charge is -2.14. The van der Waals surface area contributed by atoms with Crippen molar-refractivity contribution in [2.45, 2.75) is 0 Å². The molecule has 0 atom stereocenters. The molecule has 0 aliphatic carbocycles. The Balaban J connectivity index is 2.20. The van der Waals surface area contributed by atoms with Crippen LogP contribution < -0.4 is 15.4 Å². The molecule has 2 rings (SSSR count). The number of carboxylic acids is 1. The van der Waals surface area contributed by atoms with E-state index in [1.807, 2.05) is 0 Å². The number of ether oxygens (including phenoxy) is 1. The molecule has 10 heteroatoms. The van der Waals surface area contributed by atoms with Gasteiger partial charge in [-0.1, -0.05) is 34.8 Å². The van der Waals surface area contributed by atoms with Gasteiger partial charge in [0, 0.05) is 5.02 Å². The Labute approximate surface area is 169 Å². The number of thiocarbonyl (C=S) groups is 1. The predicted molar refractivity (Wildman–Crippen MR) is 105 cm³/mol. The quantitative estimate of drug-likeness (QED) is 0.616. The summed E-state index contributed by atoms with van der Waals surface area (Å²) in [7, 11) is 1.36. The summed E-state index contributed by atoms with van der Waals surface area (Å²) in [5, 5.41) is 14.7. The molecule has 0 bridgehead atoms. The van der Waals surface area contributed by atoms with E-state index in [0.29, 0.717) is 0 Å². The first-order valence-electron chi connectivity index (χ1n) is 6.91. The van der Waals surface area contributed by atoms with E-state index >= 15 is 0 Å². The number of nitrogens with one attached hydrogen (secondary N) is 2. The van der Waals surface area contributed by atoms with Gasteiger partial charge in [-0.3, -0.25) is 10.1 Å². The average Bonchev–Trinajstić information content (AvgIpc) is 2.55. The maximum Gasteiger partial charge on any atom is 0.335 e. The van der Waals surface area contributed by atoms with E-state index in [1.54, 1.807) is 0 Å². The minimum absolute atomic E-state index is 0.00863. The summed E-state index contributed by atoms with van der Waals surface area (Å²) in [4.78, 5) is 23.5. The number of carbonyl (C=O) groups excluding carboxylic acids is 1. The number of anilines is 1. The molecule has 3 N–H and O–H groups in total. The third-order valence-electron chi connectivity index (χ3n) is 3.15. The zero-order valence-electron chi connectivity index (χ0n) is 13.1. The van der Waals surface area contributed by atoms with Crippen molar-refractivity contribution < 1.29 is 19.4 Å². The molecule has 2 aromatic carbocycles. The zero-order valence-corrected chi connectivity index (χ0v) is 16.2. The number of rotatable bonds is 4. The lowest BCUT2D eigenvalue weighted by atomic mass is 10.2. The van der Waals surface area contributed by atoms with Gasteiger partial charge < -0.3 is 15.2 Å². The van der Waals surface area contributed by atoms with Gasteiger partial charge in [0.1, 0.15) is 5.75 Å². The van der Waals surface area contributed by atoms with Crippen LogP contribution in [-0.2, 0) is 0 Å². The summed E-state index contributed by atoms with van der Waals surface area (Å²) in [6, 6.07) is 6.85. The first-order chi connectivity index (χ1) is 12.2.